The first-order valence-corrected chi connectivity index (χ1v) is 6.30. The van der Waals surface area contributed by atoms with Crippen LogP contribution in [-0.4, -0.2) is 44.4 Å². The Labute approximate surface area is 104 Å². The molecule has 0 spiro atoms. The molecule has 0 saturated carbocycles. The number of carbonyl (C=O) groups is 1. The van der Waals surface area contributed by atoms with E-state index in [1.807, 2.05) is 20.8 Å². The van der Waals surface area contributed by atoms with Crippen molar-refractivity contribution >= 4 is 5.91 Å². The molecule has 0 aliphatic rings. The maximum Gasteiger partial charge on any atom is 0.234 e. The van der Waals surface area contributed by atoms with E-state index in [1.54, 1.807) is 0 Å². The van der Waals surface area contributed by atoms with Crippen molar-refractivity contribution in [2.75, 3.05) is 26.4 Å². The Bertz CT molecular complexity index is 198. The van der Waals surface area contributed by atoms with Gasteiger partial charge in [-0.2, -0.15) is 0 Å². The third-order valence-corrected chi connectivity index (χ3v) is 2.21. The second-order valence-corrected chi connectivity index (χ2v) is 4.23. The van der Waals surface area contributed by atoms with Gasteiger partial charge in [0.1, 0.15) is 0 Å². The highest BCUT2D eigenvalue weighted by Crippen LogP contribution is 1.94. The van der Waals surface area contributed by atoms with E-state index in [4.69, 9.17) is 15.2 Å². The molecule has 5 nitrogen and oxygen atoms in total. The largest absolute Gasteiger partial charge is 0.379 e. The van der Waals surface area contributed by atoms with E-state index in [0.717, 1.165) is 13.0 Å². The van der Waals surface area contributed by atoms with E-state index in [2.05, 4.69) is 5.32 Å². The number of nitrogens with one attached hydrogen (secondary N) is 1. The predicted octanol–water partition coefficient (Wildman–Crippen LogP) is 0.672. The Kier molecular flexibility index (Phi) is 10.1. The number of hydrogen-bond acceptors (Lipinski definition) is 4. The fraction of sp³-hybridized carbons (Fsp3) is 0.917. The lowest BCUT2D eigenvalue weighted by Gasteiger charge is -2.15. The molecule has 0 aliphatic heterocycles. The summed E-state index contributed by atoms with van der Waals surface area (Å²) in [6.45, 7) is 8.47. The summed E-state index contributed by atoms with van der Waals surface area (Å²) in [5.74, 6) is -0.319. The summed E-state index contributed by atoms with van der Waals surface area (Å²) in [6.07, 6.45) is 1.81. The second-order valence-electron chi connectivity index (χ2n) is 4.23. The normalized spacial score (nSPS) is 12.9. The van der Waals surface area contributed by atoms with Gasteiger partial charge >= 0.3 is 0 Å². The highest BCUT2D eigenvalue weighted by Gasteiger charge is 2.13. The van der Waals surface area contributed by atoms with Crippen molar-refractivity contribution in [3.8, 4) is 0 Å². The zero-order valence-electron chi connectivity index (χ0n) is 11.2. The van der Waals surface area contributed by atoms with Gasteiger partial charge < -0.3 is 20.5 Å². The van der Waals surface area contributed by atoms with Gasteiger partial charge in [0.15, 0.2) is 0 Å². The molecular formula is C12H26N2O3. The fourth-order valence-corrected chi connectivity index (χ4v) is 1.31. The van der Waals surface area contributed by atoms with Crippen LogP contribution < -0.4 is 11.1 Å². The van der Waals surface area contributed by atoms with E-state index in [0.29, 0.717) is 26.2 Å². The molecule has 3 N–H and O–H groups in total. The van der Waals surface area contributed by atoms with Crippen LogP contribution in [0.5, 0.6) is 0 Å². The van der Waals surface area contributed by atoms with Gasteiger partial charge in [0, 0.05) is 6.61 Å². The SMILES string of the molecule is CCCNC(CCOCCOC(C)C)C(N)=O. The van der Waals surface area contributed by atoms with Gasteiger partial charge in [-0.15, -0.1) is 0 Å². The second kappa shape index (κ2) is 10.5. The van der Waals surface area contributed by atoms with Crippen LogP contribution in [0.4, 0.5) is 0 Å². The lowest BCUT2D eigenvalue weighted by atomic mass is 10.2. The monoisotopic (exact) mass is 246 g/mol. The molecule has 0 aromatic rings. The van der Waals surface area contributed by atoms with E-state index in [-0.39, 0.29) is 18.1 Å². The van der Waals surface area contributed by atoms with Crippen LogP contribution in [0.1, 0.15) is 33.6 Å². The van der Waals surface area contributed by atoms with Gasteiger partial charge in [-0.05, 0) is 33.2 Å². The number of carbonyl (C=O) groups excluding carboxylic acids is 1. The van der Waals surface area contributed by atoms with Crippen LogP contribution in [0, 0.1) is 0 Å². The van der Waals surface area contributed by atoms with Crippen molar-refractivity contribution in [3.63, 3.8) is 0 Å². The minimum atomic E-state index is -0.319. The molecular weight excluding hydrogens is 220 g/mol. The molecule has 1 unspecified atom stereocenters. The minimum Gasteiger partial charge on any atom is -0.379 e. The van der Waals surface area contributed by atoms with Crippen molar-refractivity contribution < 1.29 is 14.3 Å². The van der Waals surface area contributed by atoms with Crippen LogP contribution in [0.15, 0.2) is 0 Å². The van der Waals surface area contributed by atoms with E-state index in [9.17, 15) is 4.79 Å². The molecule has 0 rings (SSSR count). The number of nitrogens with two attached hydrogens (primary N) is 1. The van der Waals surface area contributed by atoms with E-state index >= 15 is 0 Å². The molecule has 5 heteroatoms. The summed E-state index contributed by atoms with van der Waals surface area (Å²) in [7, 11) is 0. The van der Waals surface area contributed by atoms with Gasteiger partial charge in [-0.25, -0.2) is 0 Å². The zero-order chi connectivity index (χ0) is 13.1. The Hall–Kier alpha value is -0.650. The summed E-state index contributed by atoms with van der Waals surface area (Å²) in [5.41, 5.74) is 5.28. The molecule has 0 aromatic carbocycles. The Morgan fingerprint density at radius 1 is 1.29 bits per heavy atom. The highest BCUT2D eigenvalue weighted by molar-refractivity contribution is 5.79. The predicted molar refractivity (Wildman–Crippen MR) is 67.8 cm³/mol. The summed E-state index contributed by atoms with van der Waals surface area (Å²) >= 11 is 0. The molecule has 102 valence electrons. The molecule has 0 aliphatic carbocycles. The van der Waals surface area contributed by atoms with Crippen LogP contribution in [-0.2, 0) is 14.3 Å². The van der Waals surface area contributed by atoms with Crippen molar-refractivity contribution in [1.82, 2.24) is 5.32 Å². The molecule has 17 heavy (non-hydrogen) atoms. The average Bonchev–Trinajstić information content (AvgIpc) is 2.26. The quantitative estimate of drug-likeness (QED) is 0.526. The molecule has 1 amide bonds. The topological polar surface area (TPSA) is 73.6 Å². The lowest BCUT2D eigenvalue weighted by molar-refractivity contribution is -0.120. The van der Waals surface area contributed by atoms with Gasteiger partial charge in [0.05, 0.1) is 25.4 Å². The molecule has 0 bridgehead atoms. The first-order chi connectivity index (χ1) is 8.07. The first kappa shape index (κ1) is 16.4. The molecule has 0 aromatic heterocycles. The Morgan fingerprint density at radius 3 is 2.53 bits per heavy atom. The maximum absolute atomic E-state index is 11.1. The molecule has 0 heterocycles. The summed E-state index contributed by atoms with van der Waals surface area (Å²) < 4.78 is 10.7. The number of rotatable bonds is 11. The van der Waals surface area contributed by atoms with Gasteiger partial charge in [-0.1, -0.05) is 6.92 Å². The number of hydrogen-bond donors (Lipinski definition) is 2. The smallest absolute Gasteiger partial charge is 0.234 e. The van der Waals surface area contributed by atoms with Gasteiger partial charge in [0.25, 0.3) is 0 Å². The van der Waals surface area contributed by atoms with Crippen molar-refractivity contribution in [1.29, 1.82) is 0 Å². The van der Waals surface area contributed by atoms with Crippen LogP contribution in [0.2, 0.25) is 0 Å². The Balaban J connectivity index is 3.51. The summed E-state index contributed by atoms with van der Waals surface area (Å²) in [6, 6.07) is -0.291. The lowest BCUT2D eigenvalue weighted by Crippen LogP contribution is -2.42. The first-order valence-electron chi connectivity index (χ1n) is 6.30. The molecule has 1 atom stereocenters. The standard InChI is InChI=1S/C12H26N2O3/c1-4-6-14-11(12(13)15)5-7-16-8-9-17-10(2)3/h10-11,14H,4-9H2,1-3H3,(H2,13,15). The molecule has 0 saturated heterocycles. The maximum atomic E-state index is 11.1. The third-order valence-electron chi connectivity index (χ3n) is 2.21. The van der Waals surface area contributed by atoms with Crippen molar-refractivity contribution in [2.24, 2.45) is 5.73 Å². The van der Waals surface area contributed by atoms with E-state index < -0.39 is 0 Å². The van der Waals surface area contributed by atoms with E-state index in [1.165, 1.54) is 0 Å². The molecule has 0 radical (unpaired) electrons. The van der Waals surface area contributed by atoms with Gasteiger partial charge in [-0.3, -0.25) is 4.79 Å². The molecule has 0 fully saturated rings. The number of ether oxygens (including phenoxy) is 2. The highest BCUT2D eigenvalue weighted by atomic mass is 16.5. The third kappa shape index (κ3) is 10.2. The summed E-state index contributed by atoms with van der Waals surface area (Å²) in [5, 5.41) is 3.09. The average molecular weight is 246 g/mol. The van der Waals surface area contributed by atoms with Crippen LogP contribution >= 0.6 is 0 Å². The van der Waals surface area contributed by atoms with Crippen molar-refractivity contribution in [2.45, 2.75) is 45.8 Å². The number of amides is 1. The van der Waals surface area contributed by atoms with Crippen LogP contribution in [0.3, 0.4) is 0 Å². The minimum absolute atomic E-state index is 0.225. The van der Waals surface area contributed by atoms with Gasteiger partial charge in [0.2, 0.25) is 5.91 Å². The number of primary amides is 1. The zero-order valence-corrected chi connectivity index (χ0v) is 11.2. The fourth-order valence-electron chi connectivity index (χ4n) is 1.31. The summed E-state index contributed by atoms with van der Waals surface area (Å²) in [4.78, 5) is 11.1. The van der Waals surface area contributed by atoms with Crippen LogP contribution in [0.25, 0.3) is 0 Å². The Morgan fingerprint density at radius 2 is 2.00 bits per heavy atom. The van der Waals surface area contributed by atoms with Crippen molar-refractivity contribution in [3.05, 3.63) is 0 Å².